The van der Waals surface area contributed by atoms with E-state index in [0.717, 1.165) is 86.0 Å². The number of aryl methyl sites for hydroxylation is 2. The number of hydrogen-bond donors (Lipinski definition) is 1. The number of amides is 1. The molecule has 0 atom stereocenters. The third-order valence-corrected chi connectivity index (χ3v) is 7.72. The van der Waals surface area contributed by atoms with Crippen LogP contribution in [0.1, 0.15) is 34.7 Å². The molecule has 4 aromatic rings. The Bertz CT molecular complexity index is 1480. The minimum atomic E-state index is -0.606. The molecular weight excluding hydrogens is 486 g/mol. The van der Waals surface area contributed by atoms with E-state index in [1.165, 1.54) is 0 Å². The van der Waals surface area contributed by atoms with Crippen molar-refractivity contribution in [1.82, 2.24) is 9.55 Å². The summed E-state index contributed by atoms with van der Waals surface area (Å²) >= 11 is 0. The number of fused-ring (bicyclic) bond motifs is 1. The van der Waals surface area contributed by atoms with Gasteiger partial charge in [-0.2, -0.15) is 0 Å². The van der Waals surface area contributed by atoms with Crippen molar-refractivity contribution in [3.8, 4) is 11.1 Å². The molecule has 2 aromatic carbocycles. The van der Waals surface area contributed by atoms with Crippen LogP contribution < -0.4 is 15.1 Å². The maximum absolute atomic E-state index is 13.5. The Labute approximate surface area is 229 Å². The summed E-state index contributed by atoms with van der Waals surface area (Å²) in [6.45, 7) is 6.35. The number of ketones is 1. The van der Waals surface area contributed by atoms with E-state index in [1.54, 1.807) is 0 Å². The summed E-state index contributed by atoms with van der Waals surface area (Å²) in [5.41, 5.74) is 6.15. The van der Waals surface area contributed by atoms with Gasteiger partial charge in [0.1, 0.15) is 11.5 Å². The van der Waals surface area contributed by atoms with Crippen LogP contribution in [0.5, 0.6) is 0 Å². The second-order valence-electron chi connectivity index (χ2n) is 10.3. The van der Waals surface area contributed by atoms with Gasteiger partial charge in [0, 0.05) is 61.0 Å². The molecule has 6 rings (SSSR count). The van der Waals surface area contributed by atoms with Crippen LogP contribution in [0.4, 0.5) is 17.2 Å². The Morgan fingerprint density at radius 3 is 2.28 bits per heavy atom. The number of Topliss-reactive ketones (excluding diaryl/α,β-unsaturated/α-hetero) is 1. The Balaban J connectivity index is 1.13. The van der Waals surface area contributed by atoms with Crippen LogP contribution in [0.25, 0.3) is 11.1 Å². The van der Waals surface area contributed by atoms with Crippen LogP contribution >= 0.6 is 0 Å². The van der Waals surface area contributed by atoms with E-state index in [9.17, 15) is 9.59 Å². The molecule has 1 saturated heterocycles. The molecule has 1 fully saturated rings. The number of hydrogen-bond acceptors (Lipinski definition) is 5. The first-order valence-electron chi connectivity index (χ1n) is 13.7. The topological polar surface area (TPSA) is 70.5 Å². The number of anilines is 3. The summed E-state index contributed by atoms with van der Waals surface area (Å²) in [5, 5.41) is 2.84. The molecule has 0 radical (unpaired) electrons. The lowest BCUT2D eigenvalue weighted by molar-refractivity contribution is -0.112. The van der Waals surface area contributed by atoms with E-state index in [4.69, 9.17) is 0 Å². The molecule has 1 N–H and O–H groups in total. The van der Waals surface area contributed by atoms with Crippen molar-refractivity contribution < 1.29 is 9.59 Å². The highest BCUT2D eigenvalue weighted by molar-refractivity contribution is 6.47. The molecule has 39 heavy (non-hydrogen) atoms. The fourth-order valence-electron chi connectivity index (χ4n) is 5.67. The molecule has 2 aliphatic rings. The SMILES string of the molecule is Cc1cccc(N2CCN(c3ccc(NC(=O)C(=O)c4c(-c5ccccc5)cc5n4CCCC5)cc3)CC2)n1. The van der Waals surface area contributed by atoms with Gasteiger partial charge in [0.25, 0.3) is 11.7 Å². The van der Waals surface area contributed by atoms with Gasteiger partial charge in [-0.25, -0.2) is 4.98 Å². The van der Waals surface area contributed by atoms with Gasteiger partial charge in [0.15, 0.2) is 0 Å². The lowest BCUT2D eigenvalue weighted by Gasteiger charge is -2.36. The fourth-order valence-corrected chi connectivity index (χ4v) is 5.67. The van der Waals surface area contributed by atoms with Crippen LogP contribution in [-0.2, 0) is 17.8 Å². The fraction of sp³-hybridized carbons (Fsp3) is 0.281. The maximum atomic E-state index is 13.5. The highest BCUT2D eigenvalue weighted by Crippen LogP contribution is 2.31. The first-order valence-corrected chi connectivity index (χ1v) is 13.7. The second-order valence-corrected chi connectivity index (χ2v) is 10.3. The van der Waals surface area contributed by atoms with Crippen molar-refractivity contribution in [2.75, 3.05) is 41.3 Å². The second kappa shape index (κ2) is 10.8. The molecular formula is C32H33N5O2. The average Bonchev–Trinajstić information content (AvgIpc) is 3.37. The smallest absolute Gasteiger partial charge is 0.298 e. The number of pyridine rings is 1. The van der Waals surface area contributed by atoms with Crippen LogP contribution in [0.15, 0.2) is 78.9 Å². The Morgan fingerprint density at radius 2 is 1.54 bits per heavy atom. The van der Waals surface area contributed by atoms with Crippen LogP contribution in [0.3, 0.4) is 0 Å². The number of carbonyl (C=O) groups is 2. The van der Waals surface area contributed by atoms with Gasteiger partial charge in [-0.1, -0.05) is 36.4 Å². The van der Waals surface area contributed by atoms with Crippen molar-refractivity contribution in [3.63, 3.8) is 0 Å². The molecule has 1 amide bonds. The van der Waals surface area contributed by atoms with Crippen molar-refractivity contribution in [1.29, 1.82) is 0 Å². The summed E-state index contributed by atoms with van der Waals surface area (Å²) in [7, 11) is 0. The molecule has 0 bridgehead atoms. The molecule has 7 nitrogen and oxygen atoms in total. The predicted molar refractivity (Wildman–Crippen MR) is 156 cm³/mol. The summed E-state index contributed by atoms with van der Waals surface area (Å²) in [4.78, 5) is 36.0. The summed E-state index contributed by atoms with van der Waals surface area (Å²) in [6, 6.07) is 25.8. The van der Waals surface area contributed by atoms with E-state index in [0.29, 0.717) is 11.4 Å². The summed E-state index contributed by atoms with van der Waals surface area (Å²) < 4.78 is 2.04. The quantitative estimate of drug-likeness (QED) is 0.275. The summed E-state index contributed by atoms with van der Waals surface area (Å²) in [5.74, 6) is -0.0744. The Kier molecular flexibility index (Phi) is 6.88. The summed E-state index contributed by atoms with van der Waals surface area (Å²) in [6.07, 6.45) is 3.03. The van der Waals surface area contributed by atoms with E-state index < -0.39 is 11.7 Å². The molecule has 2 aliphatic heterocycles. The van der Waals surface area contributed by atoms with Crippen LogP contribution in [0.2, 0.25) is 0 Å². The van der Waals surface area contributed by atoms with Crippen molar-refractivity contribution >= 4 is 28.9 Å². The third-order valence-electron chi connectivity index (χ3n) is 7.72. The predicted octanol–water partition coefficient (Wildman–Crippen LogP) is 5.34. The Hall–Kier alpha value is -4.39. The molecule has 7 heteroatoms. The molecule has 4 heterocycles. The molecule has 2 aromatic heterocycles. The van der Waals surface area contributed by atoms with Gasteiger partial charge in [0.2, 0.25) is 0 Å². The first kappa shape index (κ1) is 24.9. The van der Waals surface area contributed by atoms with Crippen LogP contribution in [0, 0.1) is 6.92 Å². The van der Waals surface area contributed by atoms with Gasteiger partial charge in [0.05, 0.1) is 0 Å². The number of rotatable bonds is 6. The maximum Gasteiger partial charge on any atom is 0.298 e. The zero-order chi connectivity index (χ0) is 26.8. The first-order chi connectivity index (χ1) is 19.1. The van der Waals surface area contributed by atoms with Crippen molar-refractivity contribution in [2.45, 2.75) is 32.7 Å². The molecule has 0 spiro atoms. The highest BCUT2D eigenvalue weighted by Gasteiger charge is 2.28. The van der Waals surface area contributed by atoms with Gasteiger partial charge in [-0.15, -0.1) is 0 Å². The van der Waals surface area contributed by atoms with E-state index in [1.807, 2.05) is 72.2 Å². The van der Waals surface area contributed by atoms with Crippen LogP contribution in [-0.4, -0.2) is 47.4 Å². The van der Waals surface area contributed by atoms with E-state index >= 15 is 0 Å². The number of benzene rings is 2. The van der Waals surface area contributed by atoms with Gasteiger partial charge < -0.3 is 19.7 Å². The minimum Gasteiger partial charge on any atom is -0.368 e. The largest absolute Gasteiger partial charge is 0.368 e. The number of nitrogens with zero attached hydrogens (tertiary/aromatic N) is 4. The lowest BCUT2D eigenvalue weighted by atomic mass is 10.0. The van der Waals surface area contributed by atoms with Gasteiger partial charge in [-0.05, 0) is 74.2 Å². The van der Waals surface area contributed by atoms with E-state index in [2.05, 4.69) is 38.3 Å². The molecule has 0 aliphatic carbocycles. The molecule has 198 valence electrons. The Morgan fingerprint density at radius 1 is 0.795 bits per heavy atom. The van der Waals surface area contributed by atoms with Crippen molar-refractivity contribution in [2.24, 2.45) is 0 Å². The molecule has 0 unspecified atom stereocenters. The normalized spacial score (nSPS) is 15.1. The zero-order valence-corrected chi connectivity index (χ0v) is 22.3. The number of piperazine rings is 1. The average molecular weight is 520 g/mol. The van der Waals surface area contributed by atoms with E-state index in [-0.39, 0.29) is 0 Å². The zero-order valence-electron chi connectivity index (χ0n) is 22.3. The lowest BCUT2D eigenvalue weighted by Crippen LogP contribution is -2.46. The minimum absolute atomic E-state index is 0.492. The third kappa shape index (κ3) is 5.17. The van der Waals surface area contributed by atoms with Gasteiger partial charge in [-0.3, -0.25) is 9.59 Å². The molecule has 0 saturated carbocycles. The number of carbonyl (C=O) groups excluding carboxylic acids is 2. The monoisotopic (exact) mass is 519 g/mol. The number of nitrogens with one attached hydrogen (secondary N) is 1. The highest BCUT2D eigenvalue weighted by atomic mass is 16.2. The number of aromatic nitrogens is 2. The standard InChI is InChI=1S/C32H33N5O2/c1-23-8-7-12-29(33-23)36-20-18-35(19-21-36)26-15-13-25(14-16-26)34-32(39)31(38)30-28(24-9-3-2-4-10-24)22-27-11-5-6-17-37(27)30/h2-4,7-10,12-16,22H,5-6,11,17-21H2,1H3,(H,34,39). The van der Waals surface area contributed by atoms with Gasteiger partial charge >= 0.3 is 0 Å². The van der Waals surface area contributed by atoms with Crippen molar-refractivity contribution in [3.05, 3.63) is 95.9 Å².